The van der Waals surface area contributed by atoms with Crippen molar-refractivity contribution in [2.24, 2.45) is 50.5 Å². The van der Waals surface area contributed by atoms with E-state index in [1.165, 1.54) is 18.7 Å². The normalized spacial score (nSPS) is 14.3. The highest BCUT2D eigenvalue weighted by Gasteiger charge is 2.32. The smallest absolute Gasteiger partial charge is 0.326 e. The molecule has 0 saturated carbocycles. The van der Waals surface area contributed by atoms with E-state index in [4.69, 9.17) is 28.7 Å². The Bertz CT molecular complexity index is 1490. The van der Waals surface area contributed by atoms with Crippen molar-refractivity contribution in [3.05, 3.63) is 0 Å². The Morgan fingerprint density at radius 2 is 1.08 bits per heavy atom. The Balaban J connectivity index is 5.93. The van der Waals surface area contributed by atoms with E-state index in [0.29, 0.717) is 18.6 Å². The molecule has 0 rings (SSSR count). The Morgan fingerprint density at radius 1 is 0.633 bits per heavy atom. The fourth-order valence-corrected chi connectivity index (χ4v) is 5.84. The second-order valence-electron chi connectivity index (χ2n) is 14.6. The molecule has 0 heterocycles. The van der Waals surface area contributed by atoms with Crippen molar-refractivity contribution in [1.29, 1.82) is 0 Å². The van der Waals surface area contributed by atoms with E-state index in [9.17, 15) is 43.5 Å². The zero-order chi connectivity index (χ0) is 45.9. The fraction of sp³-hybridized carbons (Fsp3) is 0.722. The van der Waals surface area contributed by atoms with Gasteiger partial charge in [-0.05, 0) is 69.3 Å². The number of hydrogen-bond donors (Lipinski definition) is 13. The van der Waals surface area contributed by atoms with E-state index in [1.807, 2.05) is 13.8 Å². The maximum atomic E-state index is 13.8. The molecule has 342 valence electrons. The maximum absolute atomic E-state index is 13.8. The molecule has 0 unspecified atom stereocenters. The molecular formula is C36H68N14O9S. The minimum absolute atomic E-state index is 0.000000718. The van der Waals surface area contributed by atoms with E-state index < -0.39 is 103 Å². The third-order valence-corrected chi connectivity index (χ3v) is 9.52. The summed E-state index contributed by atoms with van der Waals surface area (Å²) in [6.07, 6.45) is 3.17. The van der Waals surface area contributed by atoms with Crippen LogP contribution in [0.4, 0.5) is 0 Å². The summed E-state index contributed by atoms with van der Waals surface area (Å²) >= 11 is 1.39. The molecule has 0 aliphatic rings. The van der Waals surface area contributed by atoms with Gasteiger partial charge in [-0.3, -0.25) is 43.5 Å². The van der Waals surface area contributed by atoms with Gasteiger partial charge in [-0.25, -0.2) is 4.79 Å². The van der Waals surface area contributed by atoms with Crippen molar-refractivity contribution in [2.45, 2.75) is 116 Å². The van der Waals surface area contributed by atoms with Crippen LogP contribution in [0, 0.1) is 11.8 Å². The molecule has 0 radical (unpaired) electrons. The van der Waals surface area contributed by atoms with E-state index in [2.05, 4.69) is 47.2 Å². The molecule has 18 N–H and O–H groups in total. The third kappa shape index (κ3) is 23.9. The van der Waals surface area contributed by atoms with Crippen molar-refractivity contribution in [1.82, 2.24) is 37.2 Å². The quantitative estimate of drug-likeness (QED) is 0.0186. The van der Waals surface area contributed by atoms with Crippen LogP contribution in [0.25, 0.3) is 0 Å². The second-order valence-corrected chi connectivity index (χ2v) is 15.6. The molecule has 0 aliphatic heterocycles. The second kappa shape index (κ2) is 29.8. The number of nitrogens with zero attached hydrogens (tertiary/aromatic N) is 2. The monoisotopic (exact) mass is 873 g/mol. The van der Waals surface area contributed by atoms with Crippen LogP contribution in [0.1, 0.15) is 79.6 Å². The highest BCUT2D eigenvalue weighted by atomic mass is 32.2. The number of carboxylic acids is 1. The van der Waals surface area contributed by atoms with Gasteiger partial charge in [-0.2, -0.15) is 11.8 Å². The van der Waals surface area contributed by atoms with Gasteiger partial charge in [-0.1, -0.05) is 34.1 Å². The summed E-state index contributed by atoms with van der Waals surface area (Å²) in [6, 6.07) is -6.86. The molecule has 0 fully saturated rings. The minimum Gasteiger partial charge on any atom is -0.480 e. The topological polar surface area (TPSA) is 396 Å². The number of aliphatic imine (C=N–C) groups is 2. The highest BCUT2D eigenvalue weighted by molar-refractivity contribution is 7.98. The number of aliphatic carboxylic acids is 1. The van der Waals surface area contributed by atoms with Gasteiger partial charge in [0.1, 0.15) is 30.2 Å². The predicted molar refractivity (Wildman–Crippen MR) is 229 cm³/mol. The number of hydrogen-bond acceptors (Lipinski definition) is 12. The Labute approximate surface area is 355 Å². The predicted octanol–water partition coefficient (Wildman–Crippen LogP) is -3.97. The zero-order valence-electron chi connectivity index (χ0n) is 35.5. The van der Waals surface area contributed by atoms with Gasteiger partial charge < -0.3 is 71.0 Å². The van der Waals surface area contributed by atoms with E-state index in [-0.39, 0.29) is 63.0 Å². The lowest BCUT2D eigenvalue weighted by Gasteiger charge is -2.27. The van der Waals surface area contributed by atoms with Crippen LogP contribution < -0.4 is 65.9 Å². The van der Waals surface area contributed by atoms with Gasteiger partial charge in [0.25, 0.3) is 0 Å². The number of carbonyl (C=O) groups excluding carboxylic acids is 7. The number of thioether (sulfide) groups is 1. The molecule has 0 aliphatic carbocycles. The average molecular weight is 873 g/mol. The largest absolute Gasteiger partial charge is 0.480 e. The van der Waals surface area contributed by atoms with Crippen LogP contribution in [0.2, 0.25) is 0 Å². The lowest BCUT2D eigenvalue weighted by molar-refractivity contribution is -0.144. The number of guanidine groups is 2. The van der Waals surface area contributed by atoms with E-state index in [1.54, 1.807) is 20.1 Å². The van der Waals surface area contributed by atoms with Crippen LogP contribution in [-0.2, 0) is 38.4 Å². The van der Waals surface area contributed by atoms with Crippen molar-refractivity contribution < 1.29 is 43.5 Å². The van der Waals surface area contributed by atoms with Crippen molar-refractivity contribution in [2.75, 3.05) is 38.2 Å². The summed E-state index contributed by atoms with van der Waals surface area (Å²) in [4.78, 5) is 111. The summed E-state index contributed by atoms with van der Waals surface area (Å²) in [5, 5.41) is 27.3. The Morgan fingerprint density at radius 3 is 1.52 bits per heavy atom. The summed E-state index contributed by atoms with van der Waals surface area (Å²) < 4.78 is 0. The first kappa shape index (κ1) is 54.6. The first-order valence-corrected chi connectivity index (χ1v) is 21.2. The third-order valence-electron chi connectivity index (χ3n) is 8.87. The van der Waals surface area contributed by atoms with Crippen molar-refractivity contribution in [3.8, 4) is 0 Å². The number of rotatable bonds is 30. The SMILES string of the molecule is CC[C@H](C)[C@H](NC(=O)[C@H](CCCN=C(N)N)NC(=O)[C@H](CCCN=C(N)N)NC(=O)[C@H](CCSC)NC(=O)CNC(=O)[C@H](C)NC(=O)CNC(=O)[C@@H](N)CC(C)C)C(=O)O. The molecule has 60 heavy (non-hydrogen) atoms. The number of carboxylic acid groups (broad SMARTS) is 1. The van der Waals surface area contributed by atoms with Gasteiger partial charge in [0, 0.05) is 13.1 Å². The number of carbonyl (C=O) groups is 8. The molecule has 0 aromatic rings. The lowest BCUT2D eigenvalue weighted by atomic mass is 9.98. The standard InChI is InChI=1S/C36H68N14O9S/c1-7-20(4)28(34(58)59)50-33(57)24(11-9-14-43-36(40)41)49-31(55)23(10-8-13-42-35(38)39)48-32(56)25(12-15-60-6)47-27(52)18-44-29(53)21(5)46-26(51)17-45-30(54)22(37)16-19(2)3/h19-25,28H,7-18,37H2,1-6H3,(H,44,53)(H,45,54)(H,46,51)(H,47,52)(H,48,56)(H,49,55)(H,50,57)(H,58,59)(H4,38,39,42)(H4,40,41,43)/t20-,21-,22-,23-,24-,25-,28-/m0/s1. The Hall–Kier alpha value is -5.39. The van der Waals surface area contributed by atoms with Gasteiger partial charge in [0.05, 0.1) is 19.1 Å². The van der Waals surface area contributed by atoms with Crippen LogP contribution in [0.3, 0.4) is 0 Å². The zero-order valence-corrected chi connectivity index (χ0v) is 36.3. The summed E-state index contributed by atoms with van der Waals surface area (Å²) in [7, 11) is 0. The number of amides is 7. The molecule has 0 aromatic carbocycles. The van der Waals surface area contributed by atoms with Crippen LogP contribution in [0.15, 0.2) is 9.98 Å². The molecule has 7 amide bonds. The van der Waals surface area contributed by atoms with Gasteiger partial charge in [0.2, 0.25) is 41.4 Å². The summed E-state index contributed by atoms with van der Waals surface area (Å²) in [5.41, 5.74) is 27.5. The van der Waals surface area contributed by atoms with E-state index in [0.717, 1.165) is 0 Å². The average Bonchev–Trinajstić information content (AvgIpc) is 3.17. The van der Waals surface area contributed by atoms with Gasteiger partial charge >= 0.3 is 5.97 Å². The first-order chi connectivity index (χ1) is 28.1. The lowest BCUT2D eigenvalue weighted by Crippen LogP contribution is -2.58. The highest BCUT2D eigenvalue weighted by Crippen LogP contribution is 2.11. The number of nitrogens with one attached hydrogen (secondary N) is 7. The van der Waals surface area contributed by atoms with E-state index >= 15 is 0 Å². The molecule has 7 atom stereocenters. The van der Waals surface area contributed by atoms with Crippen LogP contribution in [0.5, 0.6) is 0 Å². The van der Waals surface area contributed by atoms with Crippen molar-refractivity contribution in [3.63, 3.8) is 0 Å². The van der Waals surface area contributed by atoms with Crippen molar-refractivity contribution >= 4 is 71.0 Å². The Kier molecular flexibility index (Phi) is 27.1. The molecular weight excluding hydrogens is 805 g/mol. The maximum Gasteiger partial charge on any atom is 0.326 e. The minimum atomic E-state index is -1.28. The van der Waals surface area contributed by atoms with Gasteiger partial charge in [-0.15, -0.1) is 0 Å². The molecule has 0 aromatic heterocycles. The molecule has 0 spiro atoms. The first-order valence-electron chi connectivity index (χ1n) is 19.8. The molecule has 24 heteroatoms. The number of nitrogens with two attached hydrogens (primary N) is 5. The van der Waals surface area contributed by atoms with Crippen LogP contribution in [-0.4, -0.2) is 139 Å². The summed E-state index contributed by atoms with van der Waals surface area (Å²) in [6.45, 7) is 7.80. The molecule has 23 nitrogen and oxygen atoms in total. The molecule has 0 saturated heterocycles. The van der Waals surface area contributed by atoms with Gasteiger partial charge in [0.15, 0.2) is 11.9 Å². The molecule has 0 bridgehead atoms. The summed E-state index contributed by atoms with van der Waals surface area (Å²) in [5.74, 6) is -6.46. The van der Waals surface area contributed by atoms with Crippen LogP contribution >= 0.6 is 11.8 Å². The fourth-order valence-electron chi connectivity index (χ4n) is 5.37.